The van der Waals surface area contributed by atoms with Crippen LogP contribution in [0.4, 0.5) is 5.69 Å². The minimum atomic E-state index is -3.67. The Morgan fingerprint density at radius 3 is 2.60 bits per heavy atom. The maximum absolute atomic E-state index is 12.1. The third-order valence-electron chi connectivity index (χ3n) is 3.72. The fourth-order valence-electron chi connectivity index (χ4n) is 2.48. The van der Waals surface area contributed by atoms with Crippen LogP contribution in [0.1, 0.15) is 31.2 Å². The summed E-state index contributed by atoms with van der Waals surface area (Å²) in [6.45, 7) is 1.99. The second-order valence-corrected chi connectivity index (χ2v) is 6.97. The quantitative estimate of drug-likeness (QED) is 0.667. The summed E-state index contributed by atoms with van der Waals surface area (Å²) in [5, 5.41) is 10.9. The molecule has 0 aromatic heterocycles. The zero-order chi connectivity index (χ0) is 14.8. The third-order valence-corrected chi connectivity index (χ3v) is 5.15. The van der Waals surface area contributed by atoms with Crippen molar-refractivity contribution in [2.45, 2.75) is 37.5 Å². The standard InChI is InChI=1S/C13H18N2O4S/c1-10-6-7-12(8-13(10)15(16)17)20(18,19)14-9-11-4-2-3-5-11/h6-8,11,14H,2-5,9H2,1H3. The number of hydrogen-bond acceptors (Lipinski definition) is 4. The van der Waals surface area contributed by atoms with Gasteiger partial charge in [0.15, 0.2) is 0 Å². The van der Waals surface area contributed by atoms with Gasteiger partial charge in [0.2, 0.25) is 10.0 Å². The third kappa shape index (κ3) is 3.34. The van der Waals surface area contributed by atoms with E-state index in [1.54, 1.807) is 6.92 Å². The summed E-state index contributed by atoms with van der Waals surface area (Å²) in [7, 11) is -3.67. The number of nitro groups is 1. The molecule has 6 nitrogen and oxygen atoms in total. The predicted octanol–water partition coefficient (Wildman–Crippen LogP) is 2.37. The van der Waals surface area contributed by atoms with Crippen LogP contribution in [0.25, 0.3) is 0 Å². The van der Waals surface area contributed by atoms with Crippen LogP contribution in [0.2, 0.25) is 0 Å². The van der Waals surface area contributed by atoms with Gasteiger partial charge in [-0.25, -0.2) is 13.1 Å². The normalized spacial score (nSPS) is 16.4. The zero-order valence-corrected chi connectivity index (χ0v) is 12.1. The molecular weight excluding hydrogens is 280 g/mol. The highest BCUT2D eigenvalue weighted by atomic mass is 32.2. The molecule has 110 valence electrons. The van der Waals surface area contributed by atoms with Crippen LogP contribution in [0, 0.1) is 23.0 Å². The lowest BCUT2D eigenvalue weighted by Gasteiger charge is -2.11. The molecule has 1 aliphatic rings. The first-order chi connectivity index (χ1) is 9.40. The van der Waals surface area contributed by atoms with E-state index in [2.05, 4.69) is 4.72 Å². The first-order valence-corrected chi connectivity index (χ1v) is 8.13. The molecule has 0 atom stereocenters. The number of nitrogens with one attached hydrogen (secondary N) is 1. The summed E-state index contributed by atoms with van der Waals surface area (Å²) in [6.07, 6.45) is 4.36. The maximum atomic E-state index is 12.1. The van der Waals surface area contributed by atoms with Crippen LogP contribution in [-0.4, -0.2) is 19.9 Å². The van der Waals surface area contributed by atoms with Gasteiger partial charge in [0.1, 0.15) is 0 Å². The molecule has 1 N–H and O–H groups in total. The van der Waals surface area contributed by atoms with Crippen molar-refractivity contribution in [3.8, 4) is 0 Å². The number of hydrogen-bond donors (Lipinski definition) is 1. The molecule has 0 aliphatic heterocycles. The fourth-order valence-corrected chi connectivity index (χ4v) is 3.61. The number of sulfonamides is 1. The van der Waals surface area contributed by atoms with Gasteiger partial charge in [-0.3, -0.25) is 10.1 Å². The van der Waals surface area contributed by atoms with Crippen LogP contribution in [0.15, 0.2) is 23.1 Å². The van der Waals surface area contributed by atoms with Crippen molar-refractivity contribution in [2.24, 2.45) is 5.92 Å². The maximum Gasteiger partial charge on any atom is 0.273 e. The van der Waals surface area contributed by atoms with Crippen LogP contribution in [0.3, 0.4) is 0 Å². The average molecular weight is 298 g/mol. The van der Waals surface area contributed by atoms with Gasteiger partial charge < -0.3 is 0 Å². The van der Waals surface area contributed by atoms with Crippen molar-refractivity contribution >= 4 is 15.7 Å². The molecule has 1 aliphatic carbocycles. The minimum absolute atomic E-state index is 0.0483. The summed E-state index contributed by atoms with van der Waals surface area (Å²) in [4.78, 5) is 10.2. The van der Waals surface area contributed by atoms with Gasteiger partial charge >= 0.3 is 0 Å². The monoisotopic (exact) mass is 298 g/mol. The topological polar surface area (TPSA) is 89.3 Å². The van der Waals surface area contributed by atoms with Crippen molar-refractivity contribution in [1.82, 2.24) is 4.72 Å². The number of rotatable bonds is 5. The van der Waals surface area contributed by atoms with Gasteiger partial charge in [-0.05, 0) is 31.7 Å². The number of benzene rings is 1. The molecule has 0 spiro atoms. The fraction of sp³-hybridized carbons (Fsp3) is 0.538. The van der Waals surface area contributed by atoms with Gasteiger partial charge in [0.25, 0.3) is 5.69 Å². The lowest BCUT2D eigenvalue weighted by atomic mass is 10.1. The molecule has 20 heavy (non-hydrogen) atoms. The zero-order valence-electron chi connectivity index (χ0n) is 11.3. The highest BCUT2D eigenvalue weighted by Crippen LogP contribution is 2.25. The van der Waals surface area contributed by atoms with E-state index >= 15 is 0 Å². The smallest absolute Gasteiger partial charge is 0.258 e. The molecule has 0 amide bonds. The molecule has 7 heteroatoms. The molecule has 1 aromatic rings. The Hall–Kier alpha value is -1.47. The van der Waals surface area contributed by atoms with Gasteiger partial charge in [-0.15, -0.1) is 0 Å². The second-order valence-electron chi connectivity index (χ2n) is 5.21. The lowest BCUT2D eigenvalue weighted by molar-refractivity contribution is -0.385. The minimum Gasteiger partial charge on any atom is -0.258 e. The molecule has 0 saturated heterocycles. The van der Waals surface area contributed by atoms with E-state index in [-0.39, 0.29) is 10.6 Å². The molecule has 1 saturated carbocycles. The Labute approximate surface area is 118 Å². The Morgan fingerprint density at radius 2 is 2.00 bits per heavy atom. The molecular formula is C13H18N2O4S. The van der Waals surface area contributed by atoms with Gasteiger partial charge in [-0.1, -0.05) is 18.9 Å². The van der Waals surface area contributed by atoms with E-state index in [9.17, 15) is 18.5 Å². The predicted molar refractivity (Wildman–Crippen MR) is 75.0 cm³/mol. The number of aryl methyl sites for hydroxylation is 1. The summed E-state index contributed by atoms with van der Waals surface area (Å²) < 4.78 is 26.8. The van der Waals surface area contributed by atoms with Crippen LogP contribution in [-0.2, 0) is 10.0 Å². The molecule has 0 heterocycles. The van der Waals surface area contributed by atoms with Crippen molar-refractivity contribution < 1.29 is 13.3 Å². The first kappa shape index (κ1) is 14.9. The summed E-state index contributed by atoms with van der Waals surface area (Å²) >= 11 is 0. The Morgan fingerprint density at radius 1 is 1.35 bits per heavy atom. The van der Waals surface area contributed by atoms with Crippen LogP contribution in [0.5, 0.6) is 0 Å². The van der Waals surface area contributed by atoms with E-state index in [0.29, 0.717) is 18.0 Å². The van der Waals surface area contributed by atoms with E-state index in [1.807, 2.05) is 0 Å². The van der Waals surface area contributed by atoms with E-state index < -0.39 is 14.9 Å². The largest absolute Gasteiger partial charge is 0.273 e. The Kier molecular flexibility index (Phi) is 4.39. The van der Waals surface area contributed by atoms with Gasteiger partial charge in [0, 0.05) is 18.2 Å². The van der Waals surface area contributed by atoms with Crippen LogP contribution >= 0.6 is 0 Å². The van der Waals surface area contributed by atoms with Gasteiger partial charge in [-0.2, -0.15) is 0 Å². The molecule has 1 fully saturated rings. The summed E-state index contributed by atoms with van der Waals surface area (Å²) in [5.41, 5.74) is 0.276. The molecule has 2 rings (SSSR count). The Bertz CT molecular complexity index is 607. The van der Waals surface area contributed by atoms with E-state index in [1.165, 1.54) is 12.1 Å². The lowest BCUT2D eigenvalue weighted by Crippen LogP contribution is -2.28. The molecule has 0 unspecified atom stereocenters. The Balaban J connectivity index is 2.16. The molecule has 0 bridgehead atoms. The summed E-state index contributed by atoms with van der Waals surface area (Å²) in [6, 6.07) is 3.98. The SMILES string of the molecule is Cc1ccc(S(=O)(=O)NCC2CCCC2)cc1[N+](=O)[O-]. The van der Waals surface area contributed by atoms with Crippen molar-refractivity contribution in [3.05, 3.63) is 33.9 Å². The van der Waals surface area contributed by atoms with E-state index in [4.69, 9.17) is 0 Å². The van der Waals surface area contributed by atoms with Crippen LogP contribution < -0.4 is 4.72 Å². The average Bonchev–Trinajstić information content (AvgIpc) is 2.89. The highest BCUT2D eigenvalue weighted by molar-refractivity contribution is 7.89. The number of nitrogens with zero attached hydrogens (tertiary/aromatic N) is 1. The highest BCUT2D eigenvalue weighted by Gasteiger charge is 2.22. The number of nitro benzene ring substituents is 1. The second kappa shape index (κ2) is 5.88. The summed E-state index contributed by atoms with van der Waals surface area (Å²) in [5.74, 6) is 0.380. The van der Waals surface area contributed by atoms with Crippen molar-refractivity contribution in [2.75, 3.05) is 6.54 Å². The van der Waals surface area contributed by atoms with Gasteiger partial charge in [0.05, 0.1) is 9.82 Å². The van der Waals surface area contributed by atoms with E-state index in [0.717, 1.165) is 31.7 Å². The molecule has 1 aromatic carbocycles. The van der Waals surface area contributed by atoms with Crippen molar-refractivity contribution in [1.29, 1.82) is 0 Å². The molecule has 0 radical (unpaired) electrons. The van der Waals surface area contributed by atoms with Crippen molar-refractivity contribution in [3.63, 3.8) is 0 Å². The first-order valence-electron chi connectivity index (χ1n) is 6.65.